The van der Waals surface area contributed by atoms with Crippen LogP contribution in [-0.4, -0.2) is 67.2 Å². The van der Waals surface area contributed by atoms with E-state index in [4.69, 9.17) is 10.5 Å². The Morgan fingerprint density at radius 3 is 2.28 bits per heavy atom. The highest BCUT2D eigenvalue weighted by Crippen LogP contribution is 2.25. The molecule has 5 nitrogen and oxygen atoms in total. The van der Waals surface area contributed by atoms with Crippen molar-refractivity contribution in [1.29, 1.82) is 0 Å². The number of nitrogens with zero attached hydrogens (tertiary/aromatic N) is 2. The van der Waals surface area contributed by atoms with Crippen molar-refractivity contribution in [3.05, 3.63) is 0 Å². The van der Waals surface area contributed by atoms with Gasteiger partial charge in [0.1, 0.15) is 0 Å². The molecule has 0 aromatic heterocycles. The molecule has 2 N–H and O–H groups in total. The third-order valence-electron chi connectivity index (χ3n) is 5.70. The summed E-state index contributed by atoms with van der Waals surface area (Å²) >= 11 is 0. The van der Waals surface area contributed by atoms with Gasteiger partial charge in [0, 0.05) is 32.2 Å². The van der Waals surface area contributed by atoms with Gasteiger partial charge in [0.05, 0.1) is 19.3 Å². The van der Waals surface area contributed by atoms with Crippen LogP contribution in [0.1, 0.15) is 46.5 Å². The summed E-state index contributed by atoms with van der Waals surface area (Å²) in [5.74, 6) is 1.20. The zero-order chi connectivity index (χ0) is 16.8. The van der Waals surface area contributed by atoms with Crippen LogP contribution >= 0.6 is 24.8 Å². The fourth-order valence-electron chi connectivity index (χ4n) is 4.07. The first kappa shape index (κ1) is 24.9. The summed E-state index contributed by atoms with van der Waals surface area (Å²) < 4.78 is 5.49. The minimum absolute atomic E-state index is 0. The van der Waals surface area contributed by atoms with E-state index in [1.54, 1.807) is 0 Å². The number of carbonyl (C=O) groups is 1. The topological polar surface area (TPSA) is 58.8 Å². The van der Waals surface area contributed by atoms with E-state index in [0.717, 1.165) is 65.1 Å². The SMILES string of the molecule is CCC(CC)C(C(=O)N1CCCC(C(C)N)C1)N1CCOCC1.Cl.Cl. The van der Waals surface area contributed by atoms with E-state index in [2.05, 4.69) is 30.6 Å². The third kappa shape index (κ3) is 6.55. The molecule has 0 aliphatic carbocycles. The Morgan fingerprint density at radius 2 is 1.76 bits per heavy atom. The largest absolute Gasteiger partial charge is 0.379 e. The first-order valence-corrected chi connectivity index (χ1v) is 9.44. The number of piperidine rings is 1. The van der Waals surface area contributed by atoms with E-state index < -0.39 is 0 Å². The van der Waals surface area contributed by atoms with Crippen LogP contribution in [0.15, 0.2) is 0 Å². The molecule has 0 aromatic carbocycles. The van der Waals surface area contributed by atoms with Gasteiger partial charge in [0.25, 0.3) is 0 Å². The van der Waals surface area contributed by atoms with Crippen molar-refractivity contribution in [2.45, 2.75) is 58.5 Å². The van der Waals surface area contributed by atoms with E-state index in [9.17, 15) is 4.79 Å². The summed E-state index contributed by atoms with van der Waals surface area (Å²) in [7, 11) is 0. The average molecular weight is 398 g/mol. The number of amides is 1. The molecule has 0 aromatic rings. The smallest absolute Gasteiger partial charge is 0.240 e. The van der Waals surface area contributed by atoms with Crippen LogP contribution in [0.3, 0.4) is 0 Å². The average Bonchev–Trinajstić information content (AvgIpc) is 2.59. The Bertz CT molecular complexity index is 375. The molecule has 0 spiro atoms. The zero-order valence-corrected chi connectivity index (χ0v) is 17.6. The monoisotopic (exact) mass is 397 g/mol. The van der Waals surface area contributed by atoms with Gasteiger partial charge in [-0.2, -0.15) is 0 Å². The van der Waals surface area contributed by atoms with E-state index in [-0.39, 0.29) is 36.9 Å². The maximum atomic E-state index is 13.3. The van der Waals surface area contributed by atoms with Crippen LogP contribution in [0.2, 0.25) is 0 Å². The Morgan fingerprint density at radius 1 is 1.16 bits per heavy atom. The Labute approximate surface area is 165 Å². The molecule has 2 aliphatic rings. The summed E-state index contributed by atoms with van der Waals surface area (Å²) in [6.45, 7) is 11.4. The lowest BCUT2D eigenvalue weighted by molar-refractivity contribution is -0.143. The molecule has 2 heterocycles. The Hall–Kier alpha value is -0.0700. The highest BCUT2D eigenvalue weighted by atomic mass is 35.5. The summed E-state index contributed by atoms with van der Waals surface area (Å²) in [6.07, 6.45) is 4.33. The summed E-state index contributed by atoms with van der Waals surface area (Å²) in [6, 6.07) is 0.182. The molecule has 0 bridgehead atoms. The fraction of sp³-hybridized carbons (Fsp3) is 0.944. The molecule has 0 radical (unpaired) electrons. The Balaban J connectivity index is 0.00000288. The number of rotatable bonds is 6. The van der Waals surface area contributed by atoms with Crippen LogP contribution in [-0.2, 0) is 9.53 Å². The minimum Gasteiger partial charge on any atom is -0.379 e. The van der Waals surface area contributed by atoms with Crippen molar-refractivity contribution in [3.63, 3.8) is 0 Å². The molecular weight excluding hydrogens is 361 g/mol. The minimum atomic E-state index is 0. The van der Waals surface area contributed by atoms with Crippen LogP contribution in [0, 0.1) is 11.8 Å². The first-order chi connectivity index (χ1) is 11.1. The van der Waals surface area contributed by atoms with Crippen LogP contribution in [0.4, 0.5) is 0 Å². The normalized spacial score (nSPS) is 24.2. The maximum Gasteiger partial charge on any atom is 0.240 e. The third-order valence-corrected chi connectivity index (χ3v) is 5.70. The summed E-state index contributed by atoms with van der Waals surface area (Å²) in [5.41, 5.74) is 6.10. The number of likely N-dealkylation sites (tertiary alicyclic amines) is 1. The molecular formula is C18H37Cl2N3O2. The summed E-state index contributed by atoms with van der Waals surface area (Å²) in [4.78, 5) is 17.8. The second-order valence-corrected chi connectivity index (χ2v) is 7.22. The molecule has 3 unspecified atom stereocenters. The number of carbonyl (C=O) groups excluding carboxylic acids is 1. The van der Waals surface area contributed by atoms with Crippen molar-refractivity contribution in [2.24, 2.45) is 17.6 Å². The van der Waals surface area contributed by atoms with Crippen molar-refractivity contribution >= 4 is 30.7 Å². The van der Waals surface area contributed by atoms with Gasteiger partial charge in [-0.25, -0.2) is 0 Å². The molecule has 25 heavy (non-hydrogen) atoms. The van der Waals surface area contributed by atoms with E-state index in [1.807, 2.05) is 0 Å². The van der Waals surface area contributed by atoms with Crippen molar-refractivity contribution < 1.29 is 9.53 Å². The second kappa shape index (κ2) is 12.3. The van der Waals surface area contributed by atoms with Crippen molar-refractivity contribution in [1.82, 2.24) is 9.80 Å². The fourth-order valence-corrected chi connectivity index (χ4v) is 4.07. The molecule has 2 saturated heterocycles. The maximum absolute atomic E-state index is 13.3. The molecule has 0 saturated carbocycles. The molecule has 150 valence electrons. The standard InChI is InChI=1S/C18H35N3O2.2ClH/c1-4-15(5-2)17(20-9-11-23-12-10-20)18(22)21-8-6-7-16(13-21)14(3)19;;/h14-17H,4-13,19H2,1-3H3;2*1H. The van der Waals surface area contributed by atoms with Crippen molar-refractivity contribution in [2.75, 3.05) is 39.4 Å². The second-order valence-electron chi connectivity index (χ2n) is 7.22. The van der Waals surface area contributed by atoms with Gasteiger partial charge in [-0.3, -0.25) is 9.69 Å². The lowest BCUT2D eigenvalue weighted by Crippen LogP contribution is -2.57. The molecule has 2 fully saturated rings. The molecule has 2 aliphatic heterocycles. The van der Waals surface area contributed by atoms with Gasteiger partial charge in [-0.1, -0.05) is 26.7 Å². The van der Waals surface area contributed by atoms with Gasteiger partial charge < -0.3 is 15.4 Å². The number of ether oxygens (including phenoxy) is 1. The highest BCUT2D eigenvalue weighted by Gasteiger charge is 2.37. The summed E-state index contributed by atoms with van der Waals surface area (Å²) in [5, 5.41) is 0. The van der Waals surface area contributed by atoms with Crippen LogP contribution in [0.25, 0.3) is 0 Å². The van der Waals surface area contributed by atoms with E-state index >= 15 is 0 Å². The predicted octanol–water partition coefficient (Wildman–Crippen LogP) is 2.55. The van der Waals surface area contributed by atoms with Gasteiger partial charge in [0.2, 0.25) is 5.91 Å². The first-order valence-electron chi connectivity index (χ1n) is 9.44. The molecule has 3 atom stereocenters. The number of nitrogens with two attached hydrogens (primary N) is 1. The number of halogens is 2. The predicted molar refractivity (Wildman–Crippen MR) is 108 cm³/mol. The zero-order valence-electron chi connectivity index (χ0n) is 16.0. The quantitative estimate of drug-likeness (QED) is 0.747. The number of hydrogen-bond donors (Lipinski definition) is 1. The van der Waals surface area contributed by atoms with Crippen LogP contribution in [0.5, 0.6) is 0 Å². The van der Waals surface area contributed by atoms with Gasteiger partial charge in [-0.05, 0) is 31.6 Å². The van der Waals surface area contributed by atoms with Gasteiger partial charge in [0.15, 0.2) is 0 Å². The number of morpholine rings is 1. The lowest BCUT2D eigenvalue weighted by Gasteiger charge is -2.42. The van der Waals surface area contributed by atoms with E-state index in [1.165, 1.54) is 0 Å². The van der Waals surface area contributed by atoms with Gasteiger partial charge in [-0.15, -0.1) is 24.8 Å². The molecule has 7 heteroatoms. The number of hydrogen-bond acceptors (Lipinski definition) is 4. The molecule has 1 amide bonds. The van der Waals surface area contributed by atoms with Gasteiger partial charge >= 0.3 is 0 Å². The van der Waals surface area contributed by atoms with Crippen molar-refractivity contribution in [3.8, 4) is 0 Å². The molecule has 2 rings (SSSR count). The highest BCUT2D eigenvalue weighted by molar-refractivity contribution is 5.85. The Kier molecular flexibility index (Phi) is 12.3. The van der Waals surface area contributed by atoms with Crippen LogP contribution < -0.4 is 5.73 Å². The lowest BCUT2D eigenvalue weighted by atomic mass is 9.88. The van der Waals surface area contributed by atoms with E-state index in [0.29, 0.717) is 17.7 Å².